The summed E-state index contributed by atoms with van der Waals surface area (Å²) in [6, 6.07) is 16.3. The second-order valence-electron chi connectivity index (χ2n) is 6.36. The second kappa shape index (κ2) is 9.52. The molecule has 0 heterocycles. The number of hydrogen-bond acceptors (Lipinski definition) is 4. The number of benzene rings is 2. The van der Waals surface area contributed by atoms with E-state index in [1.54, 1.807) is 36.1 Å². The molecule has 2 aromatic rings. The molecular weight excluding hydrogens is 344 g/mol. The Kier molecular flexibility index (Phi) is 7.11. The molecule has 0 aliphatic carbocycles. The molecule has 0 radical (unpaired) electrons. The molecule has 2 aromatic carbocycles. The van der Waals surface area contributed by atoms with Gasteiger partial charge < -0.3 is 15.0 Å². The lowest BCUT2D eigenvalue weighted by Gasteiger charge is -2.25. The summed E-state index contributed by atoms with van der Waals surface area (Å²) in [5.74, 6) is -1.25. The lowest BCUT2D eigenvalue weighted by Crippen LogP contribution is -2.36. The molecule has 0 spiro atoms. The van der Waals surface area contributed by atoms with E-state index in [-0.39, 0.29) is 24.3 Å². The van der Waals surface area contributed by atoms with Crippen molar-refractivity contribution in [2.75, 3.05) is 19.0 Å². The molecule has 0 fully saturated rings. The maximum Gasteiger partial charge on any atom is 0.310 e. The van der Waals surface area contributed by atoms with Crippen LogP contribution in [0, 0.1) is 5.92 Å². The van der Waals surface area contributed by atoms with Crippen LogP contribution in [0.15, 0.2) is 54.6 Å². The number of carbonyl (C=O) groups is 3. The van der Waals surface area contributed by atoms with Crippen LogP contribution >= 0.6 is 0 Å². The summed E-state index contributed by atoms with van der Waals surface area (Å²) in [5.41, 5.74) is 1.95. The van der Waals surface area contributed by atoms with Crippen molar-refractivity contribution in [3.63, 3.8) is 0 Å². The zero-order chi connectivity index (χ0) is 19.8. The van der Waals surface area contributed by atoms with Crippen LogP contribution in [-0.2, 0) is 20.9 Å². The molecular formula is C21H24N2O4. The van der Waals surface area contributed by atoms with Gasteiger partial charge in [-0.25, -0.2) is 0 Å². The van der Waals surface area contributed by atoms with Gasteiger partial charge in [-0.3, -0.25) is 14.4 Å². The Labute approximate surface area is 159 Å². The molecule has 0 aromatic heterocycles. The zero-order valence-corrected chi connectivity index (χ0v) is 15.8. The largest absolute Gasteiger partial charge is 0.469 e. The number of amides is 2. The van der Waals surface area contributed by atoms with Crippen molar-refractivity contribution in [1.29, 1.82) is 0 Å². The Hall–Kier alpha value is -3.15. The molecule has 142 valence electrons. The van der Waals surface area contributed by atoms with Crippen LogP contribution < -0.4 is 5.32 Å². The minimum Gasteiger partial charge on any atom is -0.469 e. The molecule has 0 bridgehead atoms. The van der Waals surface area contributed by atoms with Gasteiger partial charge in [-0.05, 0) is 23.8 Å². The molecule has 1 unspecified atom stereocenters. The molecule has 0 saturated heterocycles. The zero-order valence-electron chi connectivity index (χ0n) is 15.8. The monoisotopic (exact) mass is 368 g/mol. The second-order valence-corrected chi connectivity index (χ2v) is 6.36. The summed E-state index contributed by atoms with van der Waals surface area (Å²) in [4.78, 5) is 37.8. The van der Waals surface area contributed by atoms with E-state index in [1.165, 1.54) is 14.0 Å². The molecule has 0 aliphatic heterocycles. The van der Waals surface area contributed by atoms with Gasteiger partial charge >= 0.3 is 5.97 Å². The highest BCUT2D eigenvalue weighted by Gasteiger charge is 2.23. The molecule has 6 nitrogen and oxygen atoms in total. The number of ether oxygens (including phenoxy) is 1. The lowest BCUT2D eigenvalue weighted by molar-refractivity contribution is -0.145. The van der Waals surface area contributed by atoms with E-state index in [0.717, 1.165) is 5.56 Å². The Morgan fingerprint density at radius 3 is 2.41 bits per heavy atom. The van der Waals surface area contributed by atoms with E-state index in [1.807, 2.05) is 30.3 Å². The van der Waals surface area contributed by atoms with Gasteiger partial charge in [0.2, 0.25) is 5.91 Å². The fourth-order valence-electron chi connectivity index (χ4n) is 2.75. The van der Waals surface area contributed by atoms with Gasteiger partial charge in [0.15, 0.2) is 0 Å². The number of nitrogens with zero attached hydrogens (tertiary/aromatic N) is 1. The van der Waals surface area contributed by atoms with Crippen molar-refractivity contribution < 1.29 is 19.1 Å². The van der Waals surface area contributed by atoms with Gasteiger partial charge in [0.25, 0.3) is 5.91 Å². The molecule has 6 heteroatoms. The summed E-state index contributed by atoms with van der Waals surface area (Å²) in [6.07, 6.45) is 0. The molecule has 2 amide bonds. The van der Waals surface area contributed by atoms with Gasteiger partial charge in [-0.2, -0.15) is 0 Å². The van der Waals surface area contributed by atoms with Crippen LogP contribution in [0.4, 0.5) is 5.69 Å². The van der Waals surface area contributed by atoms with E-state index in [0.29, 0.717) is 17.8 Å². The number of methoxy groups -OCH3 is 1. The Morgan fingerprint density at radius 2 is 1.78 bits per heavy atom. The standard InChI is InChI=1S/C21H24N2O4/c1-15(21(26)27-3)13-23(14-17-8-5-4-6-9-17)20(25)18-10-7-11-19(12-18)22-16(2)24/h4-12,15H,13-14H2,1-3H3,(H,22,24). The molecule has 0 aliphatic rings. The summed E-state index contributed by atoms with van der Waals surface area (Å²) in [5, 5.41) is 2.67. The van der Waals surface area contributed by atoms with Crippen molar-refractivity contribution in [1.82, 2.24) is 4.90 Å². The number of anilines is 1. The van der Waals surface area contributed by atoms with Crippen molar-refractivity contribution in [2.24, 2.45) is 5.92 Å². The maximum atomic E-state index is 13.1. The Balaban J connectivity index is 2.26. The molecule has 1 atom stereocenters. The molecule has 0 saturated carbocycles. The topological polar surface area (TPSA) is 75.7 Å². The van der Waals surface area contributed by atoms with Crippen molar-refractivity contribution in [3.05, 3.63) is 65.7 Å². The normalized spacial score (nSPS) is 11.4. The summed E-state index contributed by atoms with van der Waals surface area (Å²) < 4.78 is 4.79. The fourth-order valence-corrected chi connectivity index (χ4v) is 2.75. The number of carbonyl (C=O) groups excluding carboxylic acids is 3. The van der Waals surface area contributed by atoms with Crippen LogP contribution in [0.2, 0.25) is 0 Å². The number of rotatable bonds is 7. The third-order valence-corrected chi connectivity index (χ3v) is 4.03. The maximum absolute atomic E-state index is 13.1. The Bertz CT molecular complexity index is 805. The molecule has 27 heavy (non-hydrogen) atoms. The highest BCUT2D eigenvalue weighted by molar-refractivity contribution is 5.97. The number of nitrogens with one attached hydrogen (secondary N) is 1. The average molecular weight is 368 g/mol. The third-order valence-electron chi connectivity index (χ3n) is 4.03. The van der Waals surface area contributed by atoms with Crippen molar-refractivity contribution >= 4 is 23.5 Å². The number of esters is 1. The van der Waals surface area contributed by atoms with E-state index in [2.05, 4.69) is 5.32 Å². The van der Waals surface area contributed by atoms with Crippen LogP contribution in [0.3, 0.4) is 0 Å². The van der Waals surface area contributed by atoms with Crippen molar-refractivity contribution in [2.45, 2.75) is 20.4 Å². The average Bonchev–Trinajstić information content (AvgIpc) is 2.66. The van der Waals surface area contributed by atoms with Crippen molar-refractivity contribution in [3.8, 4) is 0 Å². The fraction of sp³-hybridized carbons (Fsp3) is 0.286. The summed E-state index contributed by atoms with van der Waals surface area (Å²) in [7, 11) is 1.33. The quantitative estimate of drug-likeness (QED) is 0.762. The Morgan fingerprint density at radius 1 is 1.07 bits per heavy atom. The smallest absolute Gasteiger partial charge is 0.310 e. The van der Waals surface area contributed by atoms with Gasteiger partial charge in [0.1, 0.15) is 0 Å². The highest BCUT2D eigenvalue weighted by atomic mass is 16.5. The van der Waals surface area contributed by atoms with E-state index < -0.39 is 5.92 Å². The minimum atomic E-state index is -0.457. The highest BCUT2D eigenvalue weighted by Crippen LogP contribution is 2.16. The first-order valence-corrected chi connectivity index (χ1v) is 8.69. The van der Waals surface area contributed by atoms with E-state index in [9.17, 15) is 14.4 Å². The predicted octanol–water partition coefficient (Wildman–Crippen LogP) is 3.10. The SMILES string of the molecule is COC(=O)C(C)CN(Cc1ccccc1)C(=O)c1cccc(NC(C)=O)c1. The lowest BCUT2D eigenvalue weighted by atomic mass is 10.1. The van der Waals surface area contributed by atoms with Gasteiger partial charge in [-0.1, -0.05) is 43.3 Å². The van der Waals surface area contributed by atoms with E-state index >= 15 is 0 Å². The van der Waals surface area contributed by atoms with Gasteiger partial charge in [-0.15, -0.1) is 0 Å². The minimum absolute atomic E-state index is 0.208. The van der Waals surface area contributed by atoms with Gasteiger partial charge in [0, 0.05) is 31.3 Å². The first-order valence-electron chi connectivity index (χ1n) is 8.69. The van der Waals surface area contributed by atoms with Crippen LogP contribution in [0.5, 0.6) is 0 Å². The van der Waals surface area contributed by atoms with Crippen LogP contribution in [0.25, 0.3) is 0 Å². The summed E-state index contributed by atoms with van der Waals surface area (Å²) in [6.45, 7) is 3.73. The summed E-state index contributed by atoms with van der Waals surface area (Å²) >= 11 is 0. The number of hydrogen-bond donors (Lipinski definition) is 1. The predicted molar refractivity (Wildman–Crippen MR) is 103 cm³/mol. The third kappa shape index (κ3) is 5.95. The van der Waals surface area contributed by atoms with E-state index in [4.69, 9.17) is 4.74 Å². The van der Waals surface area contributed by atoms with Crippen LogP contribution in [0.1, 0.15) is 29.8 Å². The van der Waals surface area contributed by atoms with Crippen LogP contribution in [-0.4, -0.2) is 36.3 Å². The first-order chi connectivity index (χ1) is 12.9. The molecule has 2 rings (SSSR count). The van der Waals surface area contributed by atoms with Gasteiger partial charge in [0.05, 0.1) is 13.0 Å². The molecule has 1 N–H and O–H groups in total. The first kappa shape index (κ1) is 20.2.